The van der Waals surface area contributed by atoms with Gasteiger partial charge in [0.25, 0.3) is 5.91 Å². The summed E-state index contributed by atoms with van der Waals surface area (Å²) in [5.74, 6) is -2.19. The van der Waals surface area contributed by atoms with Crippen molar-refractivity contribution in [3.8, 4) is 0 Å². The third kappa shape index (κ3) is 2.85. The Labute approximate surface area is 118 Å². The molecule has 1 heterocycles. The summed E-state index contributed by atoms with van der Waals surface area (Å²) < 4.78 is 27.1. The average molecular weight is 298 g/mol. The van der Waals surface area contributed by atoms with Crippen LogP contribution in [0.1, 0.15) is 10.4 Å². The van der Waals surface area contributed by atoms with Crippen molar-refractivity contribution in [3.63, 3.8) is 0 Å². The SMILES string of the molecule is CNc1nccc(C(=O)Nc2ccc(Cl)c(F)c2)c1F. The third-order valence-corrected chi connectivity index (χ3v) is 2.85. The lowest BCUT2D eigenvalue weighted by Crippen LogP contribution is -2.15. The highest BCUT2D eigenvalue weighted by Gasteiger charge is 2.16. The van der Waals surface area contributed by atoms with Crippen LogP contribution in [0.15, 0.2) is 30.5 Å². The van der Waals surface area contributed by atoms with E-state index in [1.165, 1.54) is 31.4 Å². The van der Waals surface area contributed by atoms with Crippen LogP contribution in [0.4, 0.5) is 20.3 Å². The lowest BCUT2D eigenvalue weighted by atomic mass is 10.2. The summed E-state index contributed by atoms with van der Waals surface area (Å²) in [6, 6.07) is 5.01. The molecule has 1 amide bonds. The number of aromatic nitrogens is 1. The van der Waals surface area contributed by atoms with Gasteiger partial charge in [-0.05, 0) is 24.3 Å². The Balaban J connectivity index is 2.26. The lowest BCUT2D eigenvalue weighted by Gasteiger charge is -2.08. The molecule has 0 fully saturated rings. The van der Waals surface area contributed by atoms with Crippen LogP contribution in [0.25, 0.3) is 0 Å². The third-order valence-electron chi connectivity index (χ3n) is 2.55. The van der Waals surface area contributed by atoms with E-state index in [0.29, 0.717) is 0 Å². The first-order valence-electron chi connectivity index (χ1n) is 5.61. The number of amides is 1. The summed E-state index contributed by atoms with van der Waals surface area (Å²) in [7, 11) is 1.49. The predicted molar refractivity (Wildman–Crippen MR) is 73.1 cm³/mol. The van der Waals surface area contributed by atoms with Gasteiger partial charge in [0.1, 0.15) is 5.82 Å². The molecule has 20 heavy (non-hydrogen) atoms. The minimum absolute atomic E-state index is 0.0417. The van der Waals surface area contributed by atoms with Gasteiger partial charge in [-0.3, -0.25) is 4.79 Å². The zero-order valence-electron chi connectivity index (χ0n) is 10.4. The molecule has 0 bridgehead atoms. The number of hydrogen-bond donors (Lipinski definition) is 2. The number of nitrogens with zero attached hydrogens (tertiary/aromatic N) is 1. The summed E-state index contributed by atoms with van der Waals surface area (Å²) >= 11 is 5.53. The van der Waals surface area contributed by atoms with Gasteiger partial charge in [0, 0.05) is 18.9 Å². The van der Waals surface area contributed by atoms with Gasteiger partial charge in [-0.1, -0.05) is 11.6 Å². The highest BCUT2D eigenvalue weighted by Crippen LogP contribution is 2.20. The molecule has 0 aliphatic rings. The molecule has 1 aromatic heterocycles. The highest BCUT2D eigenvalue weighted by atomic mass is 35.5. The van der Waals surface area contributed by atoms with Crippen molar-refractivity contribution >= 4 is 29.0 Å². The van der Waals surface area contributed by atoms with Gasteiger partial charge in [0.15, 0.2) is 11.6 Å². The zero-order chi connectivity index (χ0) is 14.7. The van der Waals surface area contributed by atoms with Gasteiger partial charge in [0.05, 0.1) is 10.6 Å². The van der Waals surface area contributed by atoms with Gasteiger partial charge in [-0.2, -0.15) is 0 Å². The molecule has 1 aromatic carbocycles. The van der Waals surface area contributed by atoms with Crippen LogP contribution >= 0.6 is 11.6 Å². The number of halogens is 3. The number of pyridine rings is 1. The Bertz CT molecular complexity index is 664. The van der Waals surface area contributed by atoms with E-state index < -0.39 is 17.5 Å². The van der Waals surface area contributed by atoms with Gasteiger partial charge in [0.2, 0.25) is 0 Å². The second kappa shape index (κ2) is 5.83. The maximum atomic E-state index is 13.9. The van der Waals surface area contributed by atoms with Gasteiger partial charge >= 0.3 is 0 Å². The fourth-order valence-electron chi connectivity index (χ4n) is 1.57. The van der Waals surface area contributed by atoms with Crippen LogP contribution in [0.3, 0.4) is 0 Å². The van der Waals surface area contributed by atoms with Crippen LogP contribution in [0.5, 0.6) is 0 Å². The summed E-state index contributed by atoms with van der Waals surface area (Å²) in [4.78, 5) is 15.7. The number of rotatable bonds is 3. The fourth-order valence-corrected chi connectivity index (χ4v) is 1.68. The summed E-state index contributed by atoms with van der Waals surface area (Å²) in [6.07, 6.45) is 1.30. The topological polar surface area (TPSA) is 54.0 Å². The van der Waals surface area contributed by atoms with Crippen LogP contribution in [-0.2, 0) is 0 Å². The van der Waals surface area contributed by atoms with E-state index in [1.807, 2.05) is 0 Å². The first kappa shape index (κ1) is 14.2. The minimum Gasteiger partial charge on any atom is -0.371 e. The molecule has 104 valence electrons. The normalized spacial score (nSPS) is 10.2. The van der Waals surface area contributed by atoms with Gasteiger partial charge in [-0.25, -0.2) is 13.8 Å². The van der Waals surface area contributed by atoms with Crippen molar-refractivity contribution in [3.05, 3.63) is 52.7 Å². The first-order valence-corrected chi connectivity index (χ1v) is 5.99. The molecular formula is C13H10ClF2N3O. The van der Waals surface area contributed by atoms with Crippen molar-refractivity contribution in [1.82, 2.24) is 4.98 Å². The number of nitrogens with one attached hydrogen (secondary N) is 2. The Morgan fingerprint density at radius 1 is 1.30 bits per heavy atom. The molecule has 0 saturated heterocycles. The predicted octanol–water partition coefficient (Wildman–Crippen LogP) is 3.31. The first-order chi connectivity index (χ1) is 9.52. The number of hydrogen-bond acceptors (Lipinski definition) is 3. The Kier molecular flexibility index (Phi) is 4.14. The summed E-state index contributed by atoms with van der Waals surface area (Å²) in [6.45, 7) is 0. The monoisotopic (exact) mass is 297 g/mol. The Morgan fingerprint density at radius 2 is 2.05 bits per heavy atom. The van der Waals surface area contributed by atoms with E-state index in [2.05, 4.69) is 15.6 Å². The molecule has 7 heteroatoms. The Morgan fingerprint density at radius 3 is 2.70 bits per heavy atom. The second-order valence-electron chi connectivity index (χ2n) is 3.85. The van der Waals surface area contributed by atoms with E-state index in [1.54, 1.807) is 0 Å². The molecule has 0 spiro atoms. The number of anilines is 2. The molecule has 0 radical (unpaired) electrons. The quantitative estimate of drug-likeness (QED) is 0.914. The zero-order valence-corrected chi connectivity index (χ0v) is 11.1. The number of benzene rings is 1. The van der Waals surface area contributed by atoms with E-state index in [-0.39, 0.29) is 22.1 Å². The second-order valence-corrected chi connectivity index (χ2v) is 4.26. The van der Waals surface area contributed by atoms with E-state index >= 15 is 0 Å². The average Bonchev–Trinajstić information content (AvgIpc) is 2.43. The molecule has 0 aliphatic carbocycles. The van der Waals surface area contributed by atoms with Crippen molar-refractivity contribution in [2.24, 2.45) is 0 Å². The maximum Gasteiger partial charge on any atom is 0.258 e. The molecule has 2 N–H and O–H groups in total. The van der Waals surface area contributed by atoms with Crippen LogP contribution in [-0.4, -0.2) is 17.9 Å². The number of carbonyl (C=O) groups excluding carboxylic acids is 1. The van der Waals surface area contributed by atoms with E-state index in [9.17, 15) is 13.6 Å². The van der Waals surface area contributed by atoms with Gasteiger partial charge < -0.3 is 10.6 Å². The molecule has 0 saturated carbocycles. The standard InChI is InChI=1S/C13H10ClF2N3O/c1-17-12-11(16)8(4-5-18-12)13(20)19-7-2-3-9(14)10(15)6-7/h2-6H,1H3,(H,17,18)(H,19,20). The van der Waals surface area contributed by atoms with Crippen LogP contribution in [0, 0.1) is 11.6 Å². The Hall–Kier alpha value is -2.21. The molecule has 0 atom stereocenters. The summed E-state index contributed by atoms with van der Waals surface area (Å²) in [5, 5.41) is 4.85. The lowest BCUT2D eigenvalue weighted by molar-refractivity contribution is 0.102. The highest BCUT2D eigenvalue weighted by molar-refractivity contribution is 6.30. The summed E-state index contributed by atoms with van der Waals surface area (Å²) in [5.41, 5.74) is -0.0150. The van der Waals surface area contributed by atoms with Crippen LogP contribution < -0.4 is 10.6 Å². The van der Waals surface area contributed by atoms with Crippen molar-refractivity contribution in [2.45, 2.75) is 0 Å². The largest absolute Gasteiger partial charge is 0.371 e. The maximum absolute atomic E-state index is 13.9. The van der Waals surface area contributed by atoms with Crippen LogP contribution in [0.2, 0.25) is 5.02 Å². The molecular weight excluding hydrogens is 288 g/mol. The van der Waals surface area contributed by atoms with Gasteiger partial charge in [-0.15, -0.1) is 0 Å². The van der Waals surface area contributed by atoms with Crippen molar-refractivity contribution < 1.29 is 13.6 Å². The molecule has 2 rings (SSSR count). The number of carbonyl (C=O) groups is 1. The smallest absolute Gasteiger partial charge is 0.258 e. The minimum atomic E-state index is -0.776. The van der Waals surface area contributed by atoms with Crippen molar-refractivity contribution in [2.75, 3.05) is 17.7 Å². The molecule has 2 aromatic rings. The van der Waals surface area contributed by atoms with E-state index in [4.69, 9.17) is 11.6 Å². The molecule has 0 unspecified atom stereocenters. The van der Waals surface area contributed by atoms with Crippen molar-refractivity contribution in [1.29, 1.82) is 0 Å². The molecule has 0 aliphatic heterocycles. The molecule has 4 nitrogen and oxygen atoms in total. The fraction of sp³-hybridized carbons (Fsp3) is 0.0769. The van der Waals surface area contributed by atoms with E-state index in [0.717, 1.165) is 6.07 Å².